The van der Waals surface area contributed by atoms with Crippen LogP contribution in [0.25, 0.3) is 72.0 Å². The highest BCUT2D eigenvalue weighted by atomic mass is 15.0. The number of hydrogen-bond acceptors (Lipinski definition) is 1. The first-order chi connectivity index (χ1) is 30.6. The van der Waals surface area contributed by atoms with Crippen LogP contribution in [0.3, 0.4) is 0 Å². The third-order valence-corrected chi connectivity index (χ3v) is 16.2. The van der Waals surface area contributed by atoms with Crippen LogP contribution >= 0.6 is 0 Å². The number of nitrogens with one attached hydrogen (secondary N) is 1. The molecule has 9 aromatic rings. The number of nitrogens with zero attached hydrogens (tertiary/aromatic N) is 1. The van der Waals surface area contributed by atoms with Gasteiger partial charge in [0.2, 0.25) is 0 Å². The van der Waals surface area contributed by atoms with Crippen LogP contribution in [0.15, 0.2) is 146 Å². The highest BCUT2D eigenvalue weighted by Crippen LogP contribution is 2.55. The van der Waals surface area contributed by atoms with Crippen molar-refractivity contribution >= 4 is 51.4 Å². The monoisotopic (exact) mass is 824 g/mol. The zero-order chi connectivity index (χ0) is 43.8. The molecule has 3 aliphatic carbocycles. The van der Waals surface area contributed by atoms with E-state index in [1.807, 2.05) is 0 Å². The van der Waals surface area contributed by atoms with Gasteiger partial charge in [-0.1, -0.05) is 171 Å². The molecule has 13 rings (SSSR count). The molecule has 0 spiro atoms. The second-order valence-electron chi connectivity index (χ2n) is 21.8. The highest BCUT2D eigenvalue weighted by molar-refractivity contribution is 6.73. The minimum absolute atomic E-state index is 0.0806. The van der Waals surface area contributed by atoms with Crippen LogP contribution in [0.5, 0.6) is 0 Å². The maximum Gasteiger partial charge on any atom is 0.198 e. The summed E-state index contributed by atoms with van der Waals surface area (Å²) in [5.41, 5.74) is 29.2. The molecule has 0 saturated carbocycles. The molecule has 1 N–H and O–H groups in total. The Morgan fingerprint density at radius 2 is 0.984 bits per heavy atom. The fraction of sp³-hybridized carbons (Fsp3) is 0.213. The molecule has 0 fully saturated rings. The van der Waals surface area contributed by atoms with E-state index in [2.05, 4.69) is 218 Å². The van der Waals surface area contributed by atoms with Gasteiger partial charge in [-0.05, 0) is 131 Å². The summed E-state index contributed by atoms with van der Waals surface area (Å²) >= 11 is 0. The summed E-state index contributed by atoms with van der Waals surface area (Å²) in [6, 6.07) is 56.4. The Balaban J connectivity index is 1.11. The van der Waals surface area contributed by atoms with Crippen molar-refractivity contribution < 1.29 is 0 Å². The van der Waals surface area contributed by atoms with Gasteiger partial charge in [0.25, 0.3) is 0 Å². The average Bonchev–Trinajstić information content (AvgIpc) is 3.89. The van der Waals surface area contributed by atoms with Crippen LogP contribution in [0.1, 0.15) is 101 Å². The summed E-state index contributed by atoms with van der Waals surface area (Å²) in [6.07, 6.45) is 0. The molecule has 1 aliphatic heterocycles. The normalized spacial score (nSPS) is 16.1. The summed E-state index contributed by atoms with van der Waals surface area (Å²) in [5, 5.41) is 6.68. The number of benzene rings is 8. The van der Waals surface area contributed by atoms with Crippen LogP contribution in [0.2, 0.25) is 0 Å². The van der Waals surface area contributed by atoms with Gasteiger partial charge < -0.3 is 9.88 Å². The fourth-order valence-electron chi connectivity index (χ4n) is 12.7. The molecule has 4 aliphatic rings. The number of anilines is 2. The molecule has 0 unspecified atom stereocenters. The molecule has 0 amide bonds. The number of fused-ring (bicyclic) bond motifs is 14. The van der Waals surface area contributed by atoms with Crippen molar-refractivity contribution in [2.24, 2.45) is 0 Å². The summed E-state index contributed by atoms with van der Waals surface area (Å²) in [5.74, 6) is 0. The maximum atomic E-state index is 4.02. The molecule has 0 saturated heterocycles. The molecule has 8 aromatic carbocycles. The zero-order valence-corrected chi connectivity index (χ0v) is 38.5. The fourth-order valence-corrected chi connectivity index (χ4v) is 12.7. The molecule has 3 heteroatoms. The Bertz CT molecular complexity index is 3550. The number of rotatable bonds is 3. The van der Waals surface area contributed by atoms with Crippen molar-refractivity contribution in [2.75, 3.05) is 5.32 Å². The lowest BCUT2D eigenvalue weighted by Crippen LogP contribution is -2.38. The van der Waals surface area contributed by atoms with Crippen molar-refractivity contribution in [3.05, 3.63) is 185 Å². The molecule has 0 radical (unpaired) electrons. The Morgan fingerprint density at radius 1 is 0.453 bits per heavy atom. The smallest absolute Gasteiger partial charge is 0.198 e. The molecule has 0 bridgehead atoms. The topological polar surface area (TPSA) is 17.0 Å². The van der Waals surface area contributed by atoms with Crippen molar-refractivity contribution in [1.29, 1.82) is 0 Å². The standard InChI is InChI=1S/C61H53BN2/c1-58(2,3)34-22-24-35(25-23-34)63-53-33-51-41(36-16-10-13-19-46(36)61(51,8)9)28-44(53)39-26-27-40-45-29-49-42(37-17-11-14-20-47(37)59(49,4)5)30-54(45)64-55-31-43-38-18-12-15-21-48(38)60(6,7)50(43)32-52(55)62-56(39)57(40)64/h10-33,62-63H,1-9H3. The van der Waals surface area contributed by atoms with Gasteiger partial charge in [-0.2, -0.15) is 0 Å². The molecule has 2 nitrogen and oxygen atoms in total. The lowest BCUT2D eigenvalue weighted by molar-refractivity contribution is 0.590. The van der Waals surface area contributed by atoms with Crippen molar-refractivity contribution in [3.8, 4) is 50.2 Å². The molecule has 0 atom stereocenters. The van der Waals surface area contributed by atoms with E-state index in [1.165, 1.54) is 122 Å². The van der Waals surface area contributed by atoms with Gasteiger partial charge in [-0.25, -0.2) is 0 Å². The SMILES string of the molecule is CC(C)(C)c1ccc(Nc2cc3c(cc2-c2ccc4c5cc6c(cc5n5c4c2Bc2cc4c(cc2-5)-c2ccccc2C4(C)C)-c2ccccc2C6(C)C)-c2ccccc2C3(C)C)cc1. The summed E-state index contributed by atoms with van der Waals surface area (Å²) < 4.78 is 2.66. The van der Waals surface area contributed by atoms with E-state index in [0.717, 1.165) is 18.7 Å². The van der Waals surface area contributed by atoms with E-state index in [9.17, 15) is 0 Å². The predicted molar refractivity (Wildman–Crippen MR) is 274 cm³/mol. The van der Waals surface area contributed by atoms with Gasteiger partial charge in [0.05, 0.1) is 5.52 Å². The number of hydrogen-bond donors (Lipinski definition) is 1. The average molecular weight is 825 g/mol. The molecule has 64 heavy (non-hydrogen) atoms. The largest absolute Gasteiger partial charge is 0.355 e. The minimum atomic E-state index is -0.127. The van der Waals surface area contributed by atoms with Gasteiger partial charge in [-0.3, -0.25) is 0 Å². The molecule has 310 valence electrons. The third kappa shape index (κ3) is 4.88. The molecular weight excluding hydrogens is 771 g/mol. The van der Waals surface area contributed by atoms with E-state index in [1.54, 1.807) is 0 Å². The van der Waals surface area contributed by atoms with Gasteiger partial charge in [0.1, 0.15) is 0 Å². The highest BCUT2D eigenvalue weighted by Gasteiger charge is 2.41. The second-order valence-corrected chi connectivity index (χ2v) is 21.8. The van der Waals surface area contributed by atoms with Gasteiger partial charge >= 0.3 is 0 Å². The predicted octanol–water partition coefficient (Wildman–Crippen LogP) is 14.1. The Kier molecular flexibility index (Phi) is 7.33. The Morgan fingerprint density at radius 3 is 1.58 bits per heavy atom. The van der Waals surface area contributed by atoms with Crippen LogP contribution in [0, 0.1) is 0 Å². The third-order valence-electron chi connectivity index (χ3n) is 16.2. The van der Waals surface area contributed by atoms with Crippen molar-refractivity contribution in [2.45, 2.75) is 84.0 Å². The van der Waals surface area contributed by atoms with Crippen LogP contribution in [-0.2, 0) is 21.7 Å². The summed E-state index contributed by atoms with van der Waals surface area (Å²) in [7, 11) is 0.852. The number of aromatic nitrogens is 1. The Labute approximate surface area is 378 Å². The molecule has 1 aromatic heterocycles. The first-order valence-electron chi connectivity index (χ1n) is 23.3. The Hall–Kier alpha value is -6.58. The van der Waals surface area contributed by atoms with Gasteiger partial charge in [0, 0.05) is 55.2 Å². The van der Waals surface area contributed by atoms with Crippen molar-refractivity contribution in [3.63, 3.8) is 0 Å². The van der Waals surface area contributed by atoms with E-state index in [-0.39, 0.29) is 21.7 Å². The lowest BCUT2D eigenvalue weighted by atomic mass is 9.58. The summed E-state index contributed by atoms with van der Waals surface area (Å²) in [4.78, 5) is 0. The lowest BCUT2D eigenvalue weighted by Gasteiger charge is -2.27. The molecule has 2 heterocycles. The minimum Gasteiger partial charge on any atom is -0.355 e. The first kappa shape index (κ1) is 37.9. The second kappa shape index (κ2) is 12.4. The van der Waals surface area contributed by atoms with Crippen LogP contribution in [0.4, 0.5) is 11.4 Å². The van der Waals surface area contributed by atoms with E-state index < -0.39 is 0 Å². The maximum absolute atomic E-state index is 4.02. The van der Waals surface area contributed by atoms with Gasteiger partial charge in [0.15, 0.2) is 7.28 Å². The van der Waals surface area contributed by atoms with Gasteiger partial charge in [-0.15, -0.1) is 0 Å². The molecular formula is C61H53BN2. The van der Waals surface area contributed by atoms with E-state index in [4.69, 9.17) is 0 Å². The zero-order valence-electron chi connectivity index (χ0n) is 38.5. The van der Waals surface area contributed by atoms with Crippen molar-refractivity contribution in [1.82, 2.24) is 4.57 Å². The van der Waals surface area contributed by atoms with Crippen LogP contribution in [-0.4, -0.2) is 11.8 Å². The summed E-state index contributed by atoms with van der Waals surface area (Å²) in [6.45, 7) is 21.3. The quantitative estimate of drug-likeness (QED) is 0.176. The van der Waals surface area contributed by atoms with E-state index >= 15 is 0 Å². The first-order valence-corrected chi connectivity index (χ1v) is 23.3. The van der Waals surface area contributed by atoms with E-state index in [0.29, 0.717) is 0 Å². The van der Waals surface area contributed by atoms with Crippen LogP contribution < -0.4 is 16.2 Å².